The number of esters is 1. The molecule has 4 nitrogen and oxygen atoms in total. The Balaban J connectivity index is 4.34. The monoisotopic (exact) mass is 241 g/mol. The summed E-state index contributed by atoms with van der Waals surface area (Å²) in [6, 6.07) is -0.575. The molecular formula is C13H23NO3. The Labute approximate surface area is 103 Å². The van der Waals surface area contributed by atoms with E-state index >= 15 is 0 Å². The van der Waals surface area contributed by atoms with E-state index < -0.39 is 6.04 Å². The lowest BCUT2D eigenvalue weighted by atomic mass is 10.0. The number of nitrogens with one attached hydrogen (secondary N) is 1. The van der Waals surface area contributed by atoms with Crippen molar-refractivity contribution in [2.45, 2.75) is 46.6 Å². The summed E-state index contributed by atoms with van der Waals surface area (Å²) < 4.78 is 4.91. The first-order chi connectivity index (χ1) is 8.02. The number of hydrogen-bond acceptors (Lipinski definition) is 3. The van der Waals surface area contributed by atoms with E-state index in [1.165, 1.54) is 6.08 Å². The summed E-state index contributed by atoms with van der Waals surface area (Å²) in [7, 11) is 0. The minimum Gasteiger partial charge on any atom is -0.464 e. The Kier molecular flexibility index (Phi) is 8.11. The molecule has 1 atom stereocenters. The Bertz CT molecular complexity index is 272. The van der Waals surface area contributed by atoms with Gasteiger partial charge in [-0.15, -0.1) is 0 Å². The third kappa shape index (κ3) is 6.76. The highest BCUT2D eigenvalue weighted by molar-refractivity contribution is 5.91. The highest BCUT2D eigenvalue weighted by Gasteiger charge is 2.24. The van der Waals surface area contributed by atoms with Crippen LogP contribution in [0.1, 0.15) is 40.5 Å². The van der Waals surface area contributed by atoms with E-state index in [0.717, 1.165) is 12.8 Å². The van der Waals surface area contributed by atoms with Gasteiger partial charge in [0.05, 0.1) is 6.61 Å². The molecule has 0 aliphatic carbocycles. The maximum Gasteiger partial charge on any atom is 0.328 e. The van der Waals surface area contributed by atoms with E-state index in [1.807, 2.05) is 20.8 Å². The summed E-state index contributed by atoms with van der Waals surface area (Å²) in [5, 5.41) is 2.66. The van der Waals surface area contributed by atoms with Gasteiger partial charge in [-0.05, 0) is 25.3 Å². The van der Waals surface area contributed by atoms with Crippen LogP contribution in [-0.2, 0) is 14.3 Å². The first kappa shape index (κ1) is 15.7. The molecule has 0 fully saturated rings. The van der Waals surface area contributed by atoms with E-state index in [9.17, 15) is 9.59 Å². The summed E-state index contributed by atoms with van der Waals surface area (Å²) in [5.74, 6) is -0.609. The molecule has 0 aromatic heterocycles. The number of unbranched alkanes of at least 4 members (excludes halogenated alkanes) is 1. The molecule has 0 aromatic carbocycles. The number of allylic oxidation sites excluding steroid dienone is 1. The Morgan fingerprint density at radius 1 is 1.29 bits per heavy atom. The topological polar surface area (TPSA) is 55.4 Å². The van der Waals surface area contributed by atoms with E-state index in [0.29, 0.717) is 6.61 Å². The summed E-state index contributed by atoms with van der Waals surface area (Å²) in [6.07, 6.45) is 5.13. The zero-order chi connectivity index (χ0) is 13.3. The van der Waals surface area contributed by atoms with Crippen molar-refractivity contribution in [2.24, 2.45) is 5.92 Å². The fourth-order valence-electron chi connectivity index (χ4n) is 1.29. The van der Waals surface area contributed by atoms with Gasteiger partial charge in [0, 0.05) is 0 Å². The summed E-state index contributed by atoms with van der Waals surface area (Å²) in [4.78, 5) is 23.1. The van der Waals surface area contributed by atoms with Crippen LogP contribution >= 0.6 is 0 Å². The Morgan fingerprint density at radius 2 is 1.94 bits per heavy atom. The van der Waals surface area contributed by atoms with Crippen LogP contribution in [0.4, 0.5) is 0 Å². The fourth-order valence-corrected chi connectivity index (χ4v) is 1.29. The highest BCUT2D eigenvalue weighted by Crippen LogP contribution is 2.04. The van der Waals surface area contributed by atoms with Gasteiger partial charge in [0.15, 0.2) is 0 Å². The zero-order valence-corrected chi connectivity index (χ0v) is 11.2. The van der Waals surface area contributed by atoms with Crippen molar-refractivity contribution < 1.29 is 14.3 Å². The third-order valence-corrected chi connectivity index (χ3v) is 2.23. The largest absolute Gasteiger partial charge is 0.464 e. The smallest absolute Gasteiger partial charge is 0.328 e. The normalized spacial score (nSPS) is 12.8. The summed E-state index contributed by atoms with van der Waals surface area (Å²) in [6.45, 7) is 7.86. The van der Waals surface area contributed by atoms with Crippen LogP contribution < -0.4 is 5.32 Å². The highest BCUT2D eigenvalue weighted by atomic mass is 16.5. The number of carbonyl (C=O) groups excluding carboxylic acids is 2. The molecule has 98 valence electrons. The van der Waals surface area contributed by atoms with Gasteiger partial charge < -0.3 is 10.1 Å². The van der Waals surface area contributed by atoms with Crippen LogP contribution in [0.15, 0.2) is 12.2 Å². The summed E-state index contributed by atoms with van der Waals surface area (Å²) >= 11 is 0. The number of hydrogen-bond donors (Lipinski definition) is 1. The van der Waals surface area contributed by atoms with Crippen molar-refractivity contribution in [3.8, 4) is 0 Å². The van der Waals surface area contributed by atoms with Gasteiger partial charge in [-0.2, -0.15) is 0 Å². The molecule has 0 heterocycles. The molecule has 0 saturated carbocycles. The minimum absolute atomic E-state index is 0.0116. The van der Waals surface area contributed by atoms with Gasteiger partial charge in [-0.1, -0.05) is 33.3 Å². The van der Waals surface area contributed by atoms with Crippen molar-refractivity contribution in [1.29, 1.82) is 0 Å². The van der Waals surface area contributed by atoms with Crippen molar-refractivity contribution in [2.75, 3.05) is 6.61 Å². The van der Waals surface area contributed by atoms with E-state index in [-0.39, 0.29) is 17.8 Å². The second-order valence-corrected chi connectivity index (χ2v) is 4.17. The maximum atomic E-state index is 11.6. The van der Waals surface area contributed by atoms with Gasteiger partial charge in [0.25, 0.3) is 0 Å². The standard InChI is InChI=1S/C13H23NO3/c1-5-7-8-9-11(15)14-12(10(3)4)13(16)17-6-2/h8-10,12H,5-7H2,1-4H3,(H,14,15)/b9-8+/t12-/m0/s1. The lowest BCUT2D eigenvalue weighted by Gasteiger charge is -2.19. The predicted molar refractivity (Wildman–Crippen MR) is 67.4 cm³/mol. The third-order valence-electron chi connectivity index (χ3n) is 2.23. The van der Waals surface area contributed by atoms with Crippen LogP contribution in [0.5, 0.6) is 0 Å². The Morgan fingerprint density at radius 3 is 2.41 bits per heavy atom. The first-order valence-corrected chi connectivity index (χ1v) is 6.16. The molecule has 0 spiro atoms. The van der Waals surface area contributed by atoms with E-state index in [1.54, 1.807) is 13.0 Å². The maximum absolute atomic E-state index is 11.6. The average molecular weight is 241 g/mol. The second-order valence-electron chi connectivity index (χ2n) is 4.17. The van der Waals surface area contributed by atoms with E-state index in [2.05, 4.69) is 5.32 Å². The molecule has 0 saturated heterocycles. The molecule has 0 rings (SSSR count). The van der Waals surface area contributed by atoms with E-state index in [4.69, 9.17) is 4.74 Å². The lowest BCUT2D eigenvalue weighted by Crippen LogP contribution is -2.44. The van der Waals surface area contributed by atoms with Crippen molar-refractivity contribution in [1.82, 2.24) is 5.32 Å². The molecule has 0 aromatic rings. The molecule has 0 unspecified atom stereocenters. The molecule has 0 aliphatic heterocycles. The van der Waals surface area contributed by atoms with Crippen LogP contribution in [-0.4, -0.2) is 24.5 Å². The molecule has 0 radical (unpaired) electrons. The van der Waals surface area contributed by atoms with Crippen molar-refractivity contribution in [3.05, 3.63) is 12.2 Å². The second kappa shape index (κ2) is 8.79. The van der Waals surface area contributed by atoms with Crippen LogP contribution in [0, 0.1) is 5.92 Å². The lowest BCUT2D eigenvalue weighted by molar-refractivity contribution is -0.148. The average Bonchev–Trinajstić information content (AvgIpc) is 2.26. The zero-order valence-electron chi connectivity index (χ0n) is 11.2. The van der Waals surface area contributed by atoms with Crippen LogP contribution in [0.25, 0.3) is 0 Å². The van der Waals surface area contributed by atoms with Gasteiger partial charge in [0.1, 0.15) is 6.04 Å². The number of rotatable bonds is 7. The quantitative estimate of drug-likeness (QED) is 0.548. The van der Waals surface area contributed by atoms with Crippen LogP contribution in [0.2, 0.25) is 0 Å². The van der Waals surface area contributed by atoms with Gasteiger partial charge >= 0.3 is 5.97 Å². The number of carbonyl (C=O) groups is 2. The van der Waals surface area contributed by atoms with Crippen molar-refractivity contribution >= 4 is 11.9 Å². The number of ether oxygens (including phenoxy) is 1. The molecule has 1 N–H and O–H groups in total. The minimum atomic E-state index is -0.575. The first-order valence-electron chi connectivity index (χ1n) is 6.16. The molecule has 4 heteroatoms. The van der Waals surface area contributed by atoms with Gasteiger partial charge in [-0.3, -0.25) is 4.79 Å². The van der Waals surface area contributed by atoms with Gasteiger partial charge in [-0.25, -0.2) is 4.79 Å². The molecule has 1 amide bonds. The molecule has 17 heavy (non-hydrogen) atoms. The summed E-state index contributed by atoms with van der Waals surface area (Å²) in [5.41, 5.74) is 0. The Hall–Kier alpha value is -1.32. The fraction of sp³-hybridized carbons (Fsp3) is 0.692. The predicted octanol–water partition coefficient (Wildman–Crippen LogP) is 2.05. The SMILES string of the molecule is CCC/C=C/C(=O)N[C@H](C(=O)OCC)C(C)C. The van der Waals surface area contributed by atoms with Crippen LogP contribution in [0.3, 0.4) is 0 Å². The number of amides is 1. The molecule has 0 aliphatic rings. The molecule has 0 bridgehead atoms. The van der Waals surface area contributed by atoms with Crippen molar-refractivity contribution in [3.63, 3.8) is 0 Å². The van der Waals surface area contributed by atoms with Gasteiger partial charge in [0.2, 0.25) is 5.91 Å². The molecular weight excluding hydrogens is 218 g/mol.